The molecule has 0 saturated heterocycles. The summed E-state index contributed by atoms with van der Waals surface area (Å²) in [5.41, 5.74) is 0. The molecule has 0 radical (unpaired) electrons. The predicted octanol–water partition coefficient (Wildman–Crippen LogP) is 18.1. The van der Waals surface area contributed by atoms with E-state index in [0.717, 1.165) is 83.5 Å². The van der Waals surface area contributed by atoms with Gasteiger partial charge in [-0.2, -0.15) is 0 Å². The molecule has 0 spiro atoms. The number of carbonyl (C=O) groups is 2. The zero-order valence-electron chi connectivity index (χ0n) is 41.4. The Morgan fingerprint density at radius 2 is 0.726 bits per heavy atom. The lowest BCUT2D eigenvalue weighted by atomic mass is 10.0. The first kappa shape index (κ1) is 59.6. The molecule has 0 aromatic rings. The molecule has 1 unspecified atom stereocenters. The van der Waals surface area contributed by atoms with Crippen LogP contribution >= 0.6 is 0 Å². The van der Waals surface area contributed by atoms with Crippen molar-refractivity contribution in [3.63, 3.8) is 0 Å². The zero-order valence-corrected chi connectivity index (χ0v) is 41.4. The Labute approximate surface area is 385 Å². The van der Waals surface area contributed by atoms with Gasteiger partial charge < -0.3 is 14.2 Å². The lowest BCUT2D eigenvalue weighted by molar-refractivity contribution is -0.163. The number of unbranched alkanes of at least 4 members (excludes halogenated alkanes) is 28. The summed E-state index contributed by atoms with van der Waals surface area (Å²) in [4.78, 5) is 25.3. The van der Waals surface area contributed by atoms with E-state index in [1.807, 2.05) is 0 Å². The van der Waals surface area contributed by atoms with Crippen molar-refractivity contribution in [2.75, 3.05) is 19.8 Å². The summed E-state index contributed by atoms with van der Waals surface area (Å²) in [6.45, 7) is 7.68. The highest BCUT2D eigenvalue weighted by molar-refractivity contribution is 5.70. The van der Waals surface area contributed by atoms with E-state index >= 15 is 0 Å². The van der Waals surface area contributed by atoms with Crippen LogP contribution in [0.15, 0.2) is 60.8 Å². The Balaban J connectivity index is 4.12. The molecule has 0 aromatic carbocycles. The smallest absolute Gasteiger partial charge is 0.306 e. The number of allylic oxidation sites excluding steroid dienone is 10. The highest BCUT2D eigenvalue weighted by atomic mass is 16.6. The number of carbonyl (C=O) groups excluding carboxylic acids is 2. The van der Waals surface area contributed by atoms with Crippen LogP contribution in [0, 0.1) is 0 Å². The molecule has 0 aliphatic heterocycles. The molecule has 1 atom stereocenters. The molecule has 0 fully saturated rings. The van der Waals surface area contributed by atoms with Crippen molar-refractivity contribution in [2.45, 2.75) is 271 Å². The van der Waals surface area contributed by atoms with Crippen LogP contribution in [0.3, 0.4) is 0 Å². The van der Waals surface area contributed by atoms with Gasteiger partial charge in [-0.15, -0.1) is 0 Å². The lowest BCUT2D eigenvalue weighted by Crippen LogP contribution is -2.30. The maximum atomic E-state index is 12.7. The second kappa shape index (κ2) is 52.9. The Bertz CT molecular complexity index is 1070. The van der Waals surface area contributed by atoms with Crippen molar-refractivity contribution in [2.24, 2.45) is 0 Å². The van der Waals surface area contributed by atoms with E-state index in [0.29, 0.717) is 19.4 Å². The molecule has 0 aliphatic rings. The molecule has 0 bridgehead atoms. The standard InChI is InChI=1S/C57H102O5/c1-4-7-10-13-16-18-20-22-24-26-28-30-32-34-36-38-40-43-46-49-52-60-53-55(62-57(59)51-48-45-41-15-12-9-6-3)54-61-56(58)50-47-44-42-39-37-35-33-31-29-27-25-23-21-19-17-14-11-8-5-2/h8,11,17,19,23,25,29,31,35,37,55H,4-7,9-10,12-16,18,20-22,24,26-28,30,32-34,36,38-54H2,1-3H3/b11-8-,19-17-,25-23-,31-29-,37-35-. The van der Waals surface area contributed by atoms with Gasteiger partial charge in [0.2, 0.25) is 0 Å². The Kier molecular flexibility index (Phi) is 50.9. The van der Waals surface area contributed by atoms with Crippen molar-refractivity contribution < 1.29 is 23.8 Å². The quantitative estimate of drug-likeness (QED) is 0.0346. The third kappa shape index (κ3) is 50.2. The van der Waals surface area contributed by atoms with E-state index < -0.39 is 6.10 Å². The van der Waals surface area contributed by atoms with E-state index in [1.165, 1.54) is 148 Å². The summed E-state index contributed by atoms with van der Waals surface area (Å²) < 4.78 is 17.3. The number of rotatable bonds is 49. The molecule has 0 rings (SSSR count). The molecular formula is C57H102O5. The average molecular weight is 867 g/mol. The molecule has 62 heavy (non-hydrogen) atoms. The van der Waals surface area contributed by atoms with Crippen molar-refractivity contribution in [1.29, 1.82) is 0 Å². The highest BCUT2D eigenvalue weighted by Gasteiger charge is 2.17. The predicted molar refractivity (Wildman–Crippen MR) is 270 cm³/mol. The number of ether oxygens (including phenoxy) is 3. The average Bonchev–Trinajstić information content (AvgIpc) is 3.27. The first-order valence-electron chi connectivity index (χ1n) is 26.8. The van der Waals surface area contributed by atoms with Gasteiger partial charge in [0.15, 0.2) is 6.10 Å². The van der Waals surface area contributed by atoms with Gasteiger partial charge in [-0.3, -0.25) is 9.59 Å². The number of esters is 2. The molecule has 0 heterocycles. The van der Waals surface area contributed by atoms with E-state index in [2.05, 4.69) is 81.5 Å². The van der Waals surface area contributed by atoms with Crippen LogP contribution in [0.4, 0.5) is 0 Å². The van der Waals surface area contributed by atoms with E-state index in [9.17, 15) is 9.59 Å². The maximum Gasteiger partial charge on any atom is 0.306 e. The summed E-state index contributed by atoms with van der Waals surface area (Å²) in [7, 11) is 0. The Morgan fingerprint density at radius 1 is 0.371 bits per heavy atom. The molecule has 360 valence electrons. The van der Waals surface area contributed by atoms with Crippen LogP contribution in [-0.4, -0.2) is 37.9 Å². The van der Waals surface area contributed by atoms with E-state index in [-0.39, 0.29) is 25.2 Å². The van der Waals surface area contributed by atoms with Gasteiger partial charge in [-0.25, -0.2) is 0 Å². The summed E-state index contributed by atoms with van der Waals surface area (Å²) in [6, 6.07) is 0. The molecular weight excluding hydrogens is 765 g/mol. The van der Waals surface area contributed by atoms with Crippen LogP contribution in [0.5, 0.6) is 0 Å². The first-order chi connectivity index (χ1) is 30.6. The minimum atomic E-state index is -0.545. The minimum Gasteiger partial charge on any atom is -0.462 e. The molecule has 0 saturated carbocycles. The maximum absolute atomic E-state index is 12.7. The van der Waals surface area contributed by atoms with Crippen molar-refractivity contribution in [3.8, 4) is 0 Å². The van der Waals surface area contributed by atoms with Crippen LogP contribution < -0.4 is 0 Å². The van der Waals surface area contributed by atoms with Crippen LogP contribution in [0.25, 0.3) is 0 Å². The fourth-order valence-electron chi connectivity index (χ4n) is 7.60. The van der Waals surface area contributed by atoms with Crippen molar-refractivity contribution in [3.05, 3.63) is 60.8 Å². The van der Waals surface area contributed by atoms with Gasteiger partial charge in [-0.1, -0.05) is 248 Å². The minimum absolute atomic E-state index is 0.0703. The fourth-order valence-corrected chi connectivity index (χ4v) is 7.60. The van der Waals surface area contributed by atoms with E-state index in [1.54, 1.807) is 0 Å². The van der Waals surface area contributed by atoms with Crippen molar-refractivity contribution >= 4 is 11.9 Å². The summed E-state index contributed by atoms with van der Waals surface area (Å²) in [5, 5.41) is 0. The molecule has 0 amide bonds. The van der Waals surface area contributed by atoms with Gasteiger partial charge in [0.1, 0.15) is 6.61 Å². The molecule has 0 aliphatic carbocycles. The van der Waals surface area contributed by atoms with Crippen LogP contribution in [-0.2, 0) is 23.8 Å². The molecule has 5 nitrogen and oxygen atoms in total. The second-order valence-electron chi connectivity index (χ2n) is 17.8. The topological polar surface area (TPSA) is 61.8 Å². The highest BCUT2D eigenvalue weighted by Crippen LogP contribution is 2.16. The molecule has 0 aromatic heterocycles. The Morgan fingerprint density at radius 3 is 1.16 bits per heavy atom. The summed E-state index contributed by atoms with van der Waals surface area (Å²) in [6.07, 6.45) is 66.8. The third-order valence-corrected chi connectivity index (χ3v) is 11.6. The van der Waals surface area contributed by atoms with Gasteiger partial charge in [0.05, 0.1) is 6.61 Å². The first-order valence-corrected chi connectivity index (χ1v) is 26.8. The normalized spacial score (nSPS) is 12.6. The van der Waals surface area contributed by atoms with Crippen molar-refractivity contribution in [1.82, 2.24) is 0 Å². The lowest BCUT2D eigenvalue weighted by Gasteiger charge is -2.18. The molecule has 5 heteroatoms. The second-order valence-corrected chi connectivity index (χ2v) is 17.8. The third-order valence-electron chi connectivity index (χ3n) is 11.6. The zero-order chi connectivity index (χ0) is 44.9. The van der Waals surface area contributed by atoms with Gasteiger partial charge >= 0.3 is 11.9 Å². The van der Waals surface area contributed by atoms with Crippen LogP contribution in [0.2, 0.25) is 0 Å². The summed E-state index contributed by atoms with van der Waals surface area (Å²) in [5.74, 6) is -0.431. The SMILES string of the molecule is CC/C=C\C/C=C\C/C=C\C/C=C\C/C=C\CCCCCC(=O)OCC(COCCCCCCCCCCCCCCCCCCCCCC)OC(=O)CCCCCCCCC. The van der Waals surface area contributed by atoms with Crippen LogP contribution in [0.1, 0.15) is 265 Å². The fraction of sp³-hybridized carbons (Fsp3) is 0.789. The number of hydrogen-bond donors (Lipinski definition) is 0. The number of hydrogen-bond acceptors (Lipinski definition) is 5. The van der Waals surface area contributed by atoms with E-state index in [4.69, 9.17) is 14.2 Å². The largest absolute Gasteiger partial charge is 0.462 e. The van der Waals surface area contributed by atoms with Gasteiger partial charge in [0.25, 0.3) is 0 Å². The summed E-state index contributed by atoms with van der Waals surface area (Å²) >= 11 is 0. The van der Waals surface area contributed by atoms with Gasteiger partial charge in [0, 0.05) is 19.4 Å². The monoisotopic (exact) mass is 867 g/mol. The molecule has 0 N–H and O–H groups in total. The van der Waals surface area contributed by atoms with Gasteiger partial charge in [-0.05, 0) is 64.2 Å². The Hall–Kier alpha value is -2.40.